The highest BCUT2D eigenvalue weighted by atomic mass is 35.5. The second-order valence-electron chi connectivity index (χ2n) is 3.37. The Balaban J connectivity index is 2.90. The molecular formula is C12H14ClNO5. The average Bonchev–Trinajstić information content (AvgIpc) is 2.37. The molecule has 1 N–H and O–H groups in total. The van der Waals surface area contributed by atoms with Crippen LogP contribution in [0.25, 0.3) is 0 Å². The maximum atomic E-state index is 11.2. The number of ether oxygens (including phenoxy) is 3. The molecule has 0 spiro atoms. The zero-order valence-electron chi connectivity index (χ0n) is 10.6. The second-order valence-corrected chi connectivity index (χ2v) is 3.78. The SMILES string of the molecule is CCOC(=O)COc1c(Cl)cc(/C=N/O)cc1OC. The van der Waals surface area contributed by atoms with E-state index in [-0.39, 0.29) is 24.0 Å². The molecule has 7 heteroatoms. The molecule has 1 rings (SSSR count). The Kier molecular flexibility index (Phi) is 5.95. The fourth-order valence-corrected chi connectivity index (χ4v) is 1.63. The van der Waals surface area contributed by atoms with E-state index in [0.717, 1.165) is 0 Å². The Morgan fingerprint density at radius 3 is 2.84 bits per heavy atom. The molecule has 104 valence electrons. The molecule has 0 unspecified atom stereocenters. The molecular weight excluding hydrogens is 274 g/mol. The second kappa shape index (κ2) is 7.48. The Morgan fingerprint density at radius 1 is 1.53 bits per heavy atom. The Labute approximate surface area is 115 Å². The minimum atomic E-state index is -0.499. The van der Waals surface area contributed by atoms with Gasteiger partial charge in [0.25, 0.3) is 0 Å². The molecule has 6 nitrogen and oxygen atoms in total. The third kappa shape index (κ3) is 4.33. The smallest absolute Gasteiger partial charge is 0.344 e. The number of halogens is 1. The molecule has 0 atom stereocenters. The van der Waals surface area contributed by atoms with Gasteiger partial charge in [-0.25, -0.2) is 4.79 Å². The number of rotatable bonds is 6. The molecule has 0 aliphatic carbocycles. The highest BCUT2D eigenvalue weighted by Crippen LogP contribution is 2.36. The van der Waals surface area contributed by atoms with Gasteiger partial charge >= 0.3 is 5.97 Å². The summed E-state index contributed by atoms with van der Waals surface area (Å²) in [7, 11) is 1.43. The van der Waals surface area contributed by atoms with Crippen LogP contribution in [0.15, 0.2) is 17.3 Å². The maximum Gasteiger partial charge on any atom is 0.344 e. The van der Waals surface area contributed by atoms with Gasteiger partial charge in [-0.15, -0.1) is 0 Å². The first kappa shape index (κ1) is 15.1. The third-order valence-electron chi connectivity index (χ3n) is 2.10. The molecule has 0 radical (unpaired) electrons. The van der Waals surface area contributed by atoms with Gasteiger partial charge in [0.2, 0.25) is 0 Å². The van der Waals surface area contributed by atoms with E-state index in [1.165, 1.54) is 19.4 Å². The van der Waals surface area contributed by atoms with Gasteiger partial charge in [0.05, 0.1) is 25.0 Å². The predicted molar refractivity (Wildman–Crippen MR) is 69.5 cm³/mol. The van der Waals surface area contributed by atoms with Crippen molar-refractivity contribution in [3.63, 3.8) is 0 Å². The first-order valence-corrected chi connectivity index (χ1v) is 5.83. The van der Waals surface area contributed by atoms with Crippen LogP contribution in [-0.2, 0) is 9.53 Å². The number of oxime groups is 1. The molecule has 1 aromatic carbocycles. The van der Waals surface area contributed by atoms with E-state index < -0.39 is 5.97 Å². The number of carbonyl (C=O) groups excluding carboxylic acids is 1. The van der Waals surface area contributed by atoms with Crippen LogP contribution in [-0.4, -0.2) is 37.7 Å². The molecule has 0 fully saturated rings. The van der Waals surface area contributed by atoms with E-state index in [4.69, 9.17) is 31.0 Å². The van der Waals surface area contributed by atoms with E-state index in [2.05, 4.69) is 5.16 Å². The van der Waals surface area contributed by atoms with Crippen LogP contribution in [0.2, 0.25) is 5.02 Å². The largest absolute Gasteiger partial charge is 0.493 e. The minimum absolute atomic E-state index is 0.229. The predicted octanol–water partition coefficient (Wildman–Crippen LogP) is 2.10. The molecule has 0 heterocycles. The third-order valence-corrected chi connectivity index (χ3v) is 2.38. The van der Waals surface area contributed by atoms with Crippen LogP contribution in [0, 0.1) is 0 Å². The van der Waals surface area contributed by atoms with Crippen LogP contribution in [0.3, 0.4) is 0 Å². The lowest BCUT2D eigenvalue weighted by molar-refractivity contribution is -0.145. The van der Waals surface area contributed by atoms with E-state index in [1.807, 2.05) is 0 Å². The lowest BCUT2D eigenvalue weighted by Gasteiger charge is -2.12. The summed E-state index contributed by atoms with van der Waals surface area (Å²) in [5.41, 5.74) is 0.535. The van der Waals surface area contributed by atoms with Gasteiger partial charge in [0.1, 0.15) is 0 Å². The number of hydrogen-bond acceptors (Lipinski definition) is 6. The van der Waals surface area contributed by atoms with Gasteiger partial charge in [-0.1, -0.05) is 16.8 Å². The van der Waals surface area contributed by atoms with Crippen LogP contribution in [0.5, 0.6) is 11.5 Å². The summed E-state index contributed by atoms with van der Waals surface area (Å²) >= 11 is 6.01. The molecule has 0 saturated carbocycles. The lowest BCUT2D eigenvalue weighted by atomic mass is 10.2. The van der Waals surface area contributed by atoms with E-state index in [9.17, 15) is 4.79 Å². The first-order chi connectivity index (χ1) is 9.12. The Morgan fingerprint density at radius 2 is 2.26 bits per heavy atom. The average molecular weight is 288 g/mol. The molecule has 0 amide bonds. The van der Waals surface area contributed by atoms with Crippen molar-refractivity contribution < 1.29 is 24.2 Å². The summed E-state index contributed by atoms with van der Waals surface area (Å²) in [6.45, 7) is 1.71. The van der Waals surface area contributed by atoms with Crippen molar-refractivity contribution in [2.45, 2.75) is 6.92 Å². The van der Waals surface area contributed by atoms with Crippen molar-refractivity contribution in [2.24, 2.45) is 5.16 Å². The van der Waals surface area contributed by atoms with Gasteiger partial charge < -0.3 is 19.4 Å². The van der Waals surface area contributed by atoms with Gasteiger partial charge in [-0.3, -0.25) is 0 Å². The standard InChI is InChI=1S/C12H14ClNO5/c1-3-18-11(15)7-19-12-9(13)4-8(6-14-16)5-10(12)17-2/h4-6,16H,3,7H2,1-2H3/b14-6+. The fraction of sp³-hybridized carbons (Fsp3) is 0.333. The van der Waals surface area contributed by atoms with Crippen LogP contribution in [0.4, 0.5) is 0 Å². The quantitative estimate of drug-likeness (QED) is 0.375. The van der Waals surface area contributed by atoms with Gasteiger partial charge in [0, 0.05) is 5.56 Å². The zero-order chi connectivity index (χ0) is 14.3. The lowest BCUT2D eigenvalue weighted by Crippen LogP contribution is -2.15. The van der Waals surface area contributed by atoms with Crippen molar-refractivity contribution >= 4 is 23.8 Å². The van der Waals surface area contributed by atoms with Crippen molar-refractivity contribution in [3.8, 4) is 11.5 Å². The first-order valence-electron chi connectivity index (χ1n) is 5.45. The van der Waals surface area contributed by atoms with Crippen LogP contribution in [0.1, 0.15) is 12.5 Å². The summed E-state index contributed by atoms with van der Waals surface area (Å²) in [5, 5.41) is 11.6. The zero-order valence-corrected chi connectivity index (χ0v) is 11.3. The molecule has 0 aliphatic rings. The highest BCUT2D eigenvalue weighted by molar-refractivity contribution is 6.32. The van der Waals surface area contributed by atoms with Gasteiger partial charge in [0.15, 0.2) is 18.1 Å². The summed E-state index contributed by atoms with van der Waals surface area (Å²) in [5.74, 6) is 0.0561. The van der Waals surface area contributed by atoms with Gasteiger partial charge in [-0.2, -0.15) is 0 Å². The van der Waals surface area contributed by atoms with Gasteiger partial charge in [-0.05, 0) is 19.1 Å². The number of carbonyl (C=O) groups is 1. The van der Waals surface area contributed by atoms with E-state index in [1.54, 1.807) is 13.0 Å². The van der Waals surface area contributed by atoms with Crippen LogP contribution >= 0.6 is 11.6 Å². The van der Waals surface area contributed by atoms with Crippen molar-refractivity contribution in [2.75, 3.05) is 20.3 Å². The Bertz CT molecular complexity index is 475. The molecule has 1 aromatic rings. The molecule has 0 saturated heterocycles. The molecule has 0 aromatic heterocycles. The highest BCUT2D eigenvalue weighted by Gasteiger charge is 2.13. The maximum absolute atomic E-state index is 11.2. The van der Waals surface area contributed by atoms with E-state index in [0.29, 0.717) is 11.3 Å². The number of benzene rings is 1. The summed E-state index contributed by atoms with van der Waals surface area (Å²) in [6, 6.07) is 3.08. The summed E-state index contributed by atoms with van der Waals surface area (Å²) in [4.78, 5) is 11.2. The minimum Gasteiger partial charge on any atom is -0.493 e. The number of hydrogen-bond donors (Lipinski definition) is 1. The summed E-state index contributed by atoms with van der Waals surface area (Å²) < 4.78 is 15.1. The molecule has 0 bridgehead atoms. The normalized spacial score (nSPS) is 10.5. The number of methoxy groups -OCH3 is 1. The fourth-order valence-electron chi connectivity index (χ4n) is 1.35. The molecule has 0 aliphatic heterocycles. The molecule has 19 heavy (non-hydrogen) atoms. The Hall–Kier alpha value is -1.95. The topological polar surface area (TPSA) is 77.4 Å². The number of nitrogens with zero attached hydrogens (tertiary/aromatic N) is 1. The van der Waals surface area contributed by atoms with Crippen molar-refractivity contribution in [1.29, 1.82) is 0 Å². The van der Waals surface area contributed by atoms with Crippen LogP contribution < -0.4 is 9.47 Å². The van der Waals surface area contributed by atoms with Crippen molar-refractivity contribution in [1.82, 2.24) is 0 Å². The monoisotopic (exact) mass is 287 g/mol. The number of esters is 1. The van der Waals surface area contributed by atoms with Crippen molar-refractivity contribution in [3.05, 3.63) is 22.7 Å². The van der Waals surface area contributed by atoms with E-state index >= 15 is 0 Å². The summed E-state index contributed by atoms with van der Waals surface area (Å²) in [6.07, 6.45) is 1.20.